The standard InChI is InChI=1S/C12H17BrN4O/c1-8(2)16-12(14)15-7-11(18)17-10-5-3-4-9(13)6-10/h3-6,8H,7H2,1-2H3,(H,17,18)(H3,14,15,16). The maximum Gasteiger partial charge on any atom is 0.246 e. The molecule has 18 heavy (non-hydrogen) atoms. The molecule has 0 aromatic heterocycles. The van der Waals surface area contributed by atoms with Crippen LogP contribution in [-0.4, -0.2) is 24.5 Å². The Labute approximate surface area is 115 Å². The van der Waals surface area contributed by atoms with Gasteiger partial charge in [0.25, 0.3) is 0 Å². The summed E-state index contributed by atoms with van der Waals surface area (Å²) in [5.41, 5.74) is 6.31. The van der Waals surface area contributed by atoms with E-state index in [9.17, 15) is 4.79 Å². The van der Waals surface area contributed by atoms with Crippen molar-refractivity contribution >= 4 is 33.5 Å². The Morgan fingerprint density at radius 2 is 2.22 bits per heavy atom. The molecular formula is C12H17BrN4O. The molecule has 1 aromatic carbocycles. The molecule has 0 bridgehead atoms. The summed E-state index contributed by atoms with van der Waals surface area (Å²) in [5, 5.41) is 5.64. The number of nitrogens with two attached hydrogens (primary N) is 1. The van der Waals surface area contributed by atoms with Gasteiger partial charge >= 0.3 is 0 Å². The smallest absolute Gasteiger partial charge is 0.246 e. The van der Waals surface area contributed by atoms with Crippen molar-refractivity contribution < 1.29 is 4.79 Å². The number of anilines is 1. The summed E-state index contributed by atoms with van der Waals surface area (Å²) in [4.78, 5) is 15.5. The first-order valence-corrected chi connectivity index (χ1v) is 6.38. The third-order valence-electron chi connectivity index (χ3n) is 1.94. The Kier molecular flexibility index (Phi) is 5.64. The molecule has 0 aliphatic heterocycles. The number of amides is 1. The molecule has 0 fully saturated rings. The molecule has 0 heterocycles. The average Bonchev–Trinajstić information content (AvgIpc) is 2.25. The monoisotopic (exact) mass is 312 g/mol. The van der Waals surface area contributed by atoms with E-state index in [1.165, 1.54) is 0 Å². The van der Waals surface area contributed by atoms with Crippen LogP contribution in [0.15, 0.2) is 33.7 Å². The van der Waals surface area contributed by atoms with Crippen molar-refractivity contribution in [3.8, 4) is 0 Å². The number of halogens is 1. The van der Waals surface area contributed by atoms with Gasteiger partial charge in [-0.15, -0.1) is 0 Å². The van der Waals surface area contributed by atoms with Gasteiger partial charge in [0.1, 0.15) is 6.54 Å². The average molecular weight is 313 g/mol. The number of carbonyl (C=O) groups excluding carboxylic acids is 1. The number of hydrogen-bond donors (Lipinski definition) is 3. The highest BCUT2D eigenvalue weighted by Gasteiger charge is 2.02. The van der Waals surface area contributed by atoms with Gasteiger partial charge in [-0.1, -0.05) is 22.0 Å². The van der Waals surface area contributed by atoms with E-state index >= 15 is 0 Å². The number of guanidine groups is 1. The van der Waals surface area contributed by atoms with Crippen molar-refractivity contribution in [1.29, 1.82) is 0 Å². The Morgan fingerprint density at radius 1 is 1.50 bits per heavy atom. The third-order valence-corrected chi connectivity index (χ3v) is 2.43. The van der Waals surface area contributed by atoms with E-state index in [1.54, 1.807) is 0 Å². The summed E-state index contributed by atoms with van der Waals surface area (Å²) in [6.07, 6.45) is 0. The van der Waals surface area contributed by atoms with Crippen LogP contribution in [0.5, 0.6) is 0 Å². The lowest BCUT2D eigenvalue weighted by molar-refractivity contribution is -0.114. The normalized spacial score (nSPS) is 11.4. The van der Waals surface area contributed by atoms with Gasteiger partial charge in [0.05, 0.1) is 0 Å². The maximum atomic E-state index is 11.6. The van der Waals surface area contributed by atoms with Crippen LogP contribution in [-0.2, 0) is 4.79 Å². The molecule has 0 spiro atoms. The van der Waals surface area contributed by atoms with Crippen molar-refractivity contribution in [2.75, 3.05) is 11.9 Å². The Morgan fingerprint density at radius 3 is 2.83 bits per heavy atom. The molecule has 0 radical (unpaired) electrons. The second-order valence-electron chi connectivity index (χ2n) is 4.06. The van der Waals surface area contributed by atoms with E-state index in [-0.39, 0.29) is 24.5 Å². The van der Waals surface area contributed by atoms with Gasteiger partial charge in [-0.25, -0.2) is 4.99 Å². The van der Waals surface area contributed by atoms with Crippen LogP contribution in [0, 0.1) is 0 Å². The van der Waals surface area contributed by atoms with E-state index < -0.39 is 0 Å². The lowest BCUT2D eigenvalue weighted by atomic mass is 10.3. The molecule has 5 nitrogen and oxygen atoms in total. The van der Waals surface area contributed by atoms with Crippen LogP contribution in [0.4, 0.5) is 5.69 Å². The minimum absolute atomic E-state index is 0.00192. The summed E-state index contributed by atoms with van der Waals surface area (Å²) in [5.74, 6) is 0.0657. The van der Waals surface area contributed by atoms with Crippen LogP contribution < -0.4 is 16.4 Å². The number of carbonyl (C=O) groups is 1. The molecule has 6 heteroatoms. The predicted octanol–water partition coefficient (Wildman–Crippen LogP) is 1.70. The minimum Gasteiger partial charge on any atom is -0.370 e. The van der Waals surface area contributed by atoms with Crippen LogP contribution in [0.3, 0.4) is 0 Å². The minimum atomic E-state index is -0.207. The van der Waals surface area contributed by atoms with Crippen LogP contribution in [0.2, 0.25) is 0 Å². The van der Waals surface area contributed by atoms with Crippen LogP contribution in [0.25, 0.3) is 0 Å². The zero-order valence-electron chi connectivity index (χ0n) is 10.4. The zero-order valence-corrected chi connectivity index (χ0v) is 12.0. The van der Waals surface area contributed by atoms with Gasteiger partial charge < -0.3 is 16.4 Å². The second-order valence-corrected chi connectivity index (χ2v) is 4.97. The highest BCUT2D eigenvalue weighted by Crippen LogP contribution is 2.15. The van der Waals surface area contributed by atoms with E-state index in [4.69, 9.17) is 5.73 Å². The second kappa shape index (κ2) is 7.00. The first-order valence-electron chi connectivity index (χ1n) is 5.59. The van der Waals surface area contributed by atoms with Gasteiger partial charge in [0.15, 0.2) is 5.96 Å². The number of rotatable bonds is 4. The van der Waals surface area contributed by atoms with Crippen molar-refractivity contribution in [2.45, 2.75) is 19.9 Å². The molecule has 1 rings (SSSR count). The summed E-state index contributed by atoms with van der Waals surface area (Å²) in [6.45, 7) is 3.89. The molecule has 0 aliphatic rings. The maximum absolute atomic E-state index is 11.6. The molecular weight excluding hydrogens is 296 g/mol. The van der Waals surface area contributed by atoms with Crippen molar-refractivity contribution in [2.24, 2.45) is 10.7 Å². The van der Waals surface area contributed by atoms with Crippen LogP contribution in [0.1, 0.15) is 13.8 Å². The van der Waals surface area contributed by atoms with E-state index in [2.05, 4.69) is 31.6 Å². The van der Waals surface area contributed by atoms with Gasteiger partial charge in [-0.2, -0.15) is 0 Å². The largest absolute Gasteiger partial charge is 0.370 e. The summed E-state index contributed by atoms with van der Waals surface area (Å²) in [7, 11) is 0. The van der Waals surface area contributed by atoms with Crippen molar-refractivity contribution in [1.82, 2.24) is 5.32 Å². The molecule has 4 N–H and O–H groups in total. The third kappa shape index (κ3) is 5.67. The molecule has 98 valence electrons. The molecule has 1 amide bonds. The Hall–Kier alpha value is -1.56. The first-order chi connectivity index (χ1) is 8.47. The molecule has 0 atom stereocenters. The number of nitrogens with zero attached hydrogens (tertiary/aromatic N) is 1. The van der Waals surface area contributed by atoms with E-state index in [0.29, 0.717) is 0 Å². The number of hydrogen-bond acceptors (Lipinski definition) is 2. The summed E-state index contributed by atoms with van der Waals surface area (Å²) < 4.78 is 0.907. The molecule has 0 aliphatic carbocycles. The molecule has 0 unspecified atom stereocenters. The predicted molar refractivity (Wildman–Crippen MR) is 77.5 cm³/mol. The number of benzene rings is 1. The van der Waals surface area contributed by atoms with Crippen molar-refractivity contribution in [3.63, 3.8) is 0 Å². The SMILES string of the molecule is CC(C)NC(N)=NCC(=O)Nc1cccc(Br)c1. The van der Waals surface area contributed by atoms with Crippen molar-refractivity contribution in [3.05, 3.63) is 28.7 Å². The van der Waals surface area contributed by atoms with E-state index in [0.717, 1.165) is 10.2 Å². The van der Waals surface area contributed by atoms with Gasteiger partial charge in [-0.05, 0) is 32.0 Å². The lowest BCUT2D eigenvalue weighted by Gasteiger charge is -2.08. The fraction of sp³-hybridized carbons (Fsp3) is 0.333. The Balaban J connectivity index is 2.47. The summed E-state index contributed by atoms with van der Waals surface area (Å²) in [6, 6.07) is 7.55. The highest BCUT2D eigenvalue weighted by atomic mass is 79.9. The molecule has 0 saturated carbocycles. The Bertz CT molecular complexity index is 445. The highest BCUT2D eigenvalue weighted by molar-refractivity contribution is 9.10. The lowest BCUT2D eigenvalue weighted by Crippen LogP contribution is -2.37. The summed E-state index contributed by atoms with van der Waals surface area (Å²) >= 11 is 3.33. The topological polar surface area (TPSA) is 79.5 Å². The fourth-order valence-corrected chi connectivity index (χ4v) is 1.66. The van der Waals surface area contributed by atoms with Crippen LogP contribution >= 0.6 is 15.9 Å². The van der Waals surface area contributed by atoms with Gasteiger partial charge in [0, 0.05) is 16.2 Å². The number of aliphatic imine (C=N–C) groups is 1. The van der Waals surface area contributed by atoms with Gasteiger partial charge in [-0.3, -0.25) is 4.79 Å². The molecule has 0 saturated heterocycles. The quantitative estimate of drug-likeness (QED) is 0.585. The van der Waals surface area contributed by atoms with E-state index in [1.807, 2.05) is 38.1 Å². The molecule has 1 aromatic rings. The van der Waals surface area contributed by atoms with Gasteiger partial charge in [0.2, 0.25) is 5.91 Å². The first kappa shape index (κ1) is 14.5. The zero-order chi connectivity index (χ0) is 13.5. The fourth-order valence-electron chi connectivity index (χ4n) is 1.27. The number of nitrogens with one attached hydrogen (secondary N) is 2.